The van der Waals surface area contributed by atoms with Crippen molar-refractivity contribution in [1.29, 1.82) is 0 Å². The minimum Gasteiger partial charge on any atom is -0.493 e. The molecule has 1 saturated heterocycles. The summed E-state index contributed by atoms with van der Waals surface area (Å²) < 4.78 is 18.9. The molecule has 156 valence electrons. The number of fused-ring (bicyclic) bond motifs is 2. The summed E-state index contributed by atoms with van der Waals surface area (Å²) in [5.41, 5.74) is 2.30. The molecule has 4 aliphatic carbocycles. The fraction of sp³-hybridized carbons (Fsp3) is 0.696. The van der Waals surface area contributed by atoms with Gasteiger partial charge in [-0.1, -0.05) is 6.07 Å². The highest BCUT2D eigenvalue weighted by Gasteiger charge is 2.80. The van der Waals surface area contributed by atoms with E-state index in [9.17, 15) is 4.79 Å². The molecule has 6 aliphatic rings. The Morgan fingerprint density at radius 2 is 2.10 bits per heavy atom. The van der Waals surface area contributed by atoms with Crippen LogP contribution in [0, 0.1) is 5.41 Å². The molecule has 4 fully saturated rings. The fourth-order valence-corrected chi connectivity index (χ4v) is 8.23. The Kier molecular flexibility index (Phi) is 3.40. The van der Waals surface area contributed by atoms with Gasteiger partial charge in [0.05, 0.1) is 13.2 Å². The number of likely N-dealkylation sites (tertiary alicyclic amines) is 1. The van der Waals surface area contributed by atoms with Gasteiger partial charge < -0.3 is 24.4 Å². The highest BCUT2D eigenvalue weighted by atomic mass is 16.6. The number of nitrogens with one attached hydrogen (secondary N) is 1. The lowest BCUT2D eigenvalue weighted by molar-refractivity contribution is -0.261. The van der Waals surface area contributed by atoms with E-state index in [0.717, 1.165) is 50.1 Å². The second-order valence-corrected chi connectivity index (χ2v) is 9.82. The molecule has 3 saturated carbocycles. The lowest BCUT2D eigenvalue weighted by atomic mass is 9.36. The fourth-order valence-electron chi connectivity index (χ4n) is 8.23. The topological polar surface area (TPSA) is 60.0 Å². The van der Waals surface area contributed by atoms with E-state index in [4.69, 9.17) is 14.2 Å². The number of likely N-dealkylation sites (N-methyl/N-ethyl adjacent to an activating group) is 1. The zero-order valence-corrected chi connectivity index (χ0v) is 17.7. The highest BCUT2D eigenvalue weighted by molar-refractivity contribution is 5.74. The summed E-state index contributed by atoms with van der Waals surface area (Å²) in [5, 5.41) is 3.26. The Morgan fingerprint density at radius 1 is 1.28 bits per heavy atom. The van der Waals surface area contributed by atoms with Crippen molar-refractivity contribution in [2.45, 2.75) is 68.2 Å². The lowest BCUT2D eigenvalue weighted by Crippen LogP contribution is -2.83. The van der Waals surface area contributed by atoms with Crippen LogP contribution < -0.4 is 14.8 Å². The van der Waals surface area contributed by atoms with Crippen LogP contribution in [0.15, 0.2) is 12.1 Å². The van der Waals surface area contributed by atoms with Crippen LogP contribution in [0.25, 0.3) is 0 Å². The quantitative estimate of drug-likeness (QED) is 0.844. The van der Waals surface area contributed by atoms with Gasteiger partial charge in [-0.2, -0.15) is 0 Å². The average Bonchev–Trinajstić information content (AvgIpc) is 3.07. The minimum atomic E-state index is -0.507. The number of amides is 1. The van der Waals surface area contributed by atoms with Gasteiger partial charge in [-0.25, -0.2) is 0 Å². The van der Waals surface area contributed by atoms with Crippen molar-refractivity contribution < 1.29 is 19.0 Å². The molecule has 2 aliphatic heterocycles. The number of nitrogens with zero attached hydrogens (tertiary/aromatic N) is 1. The first-order valence-corrected chi connectivity index (χ1v) is 10.8. The summed E-state index contributed by atoms with van der Waals surface area (Å²) in [4.78, 5) is 14.7. The number of rotatable bonds is 3. The number of methoxy groups -OCH3 is 2. The van der Waals surface area contributed by atoms with Crippen molar-refractivity contribution in [3.63, 3.8) is 0 Å². The van der Waals surface area contributed by atoms with E-state index in [0.29, 0.717) is 6.04 Å². The molecule has 6 heteroatoms. The van der Waals surface area contributed by atoms with E-state index in [-0.39, 0.29) is 28.9 Å². The molecule has 1 aromatic rings. The molecule has 0 aromatic heterocycles. The van der Waals surface area contributed by atoms with Crippen molar-refractivity contribution in [2.24, 2.45) is 5.41 Å². The van der Waals surface area contributed by atoms with Gasteiger partial charge in [0.15, 0.2) is 11.5 Å². The Hall–Kier alpha value is -1.79. The number of benzene rings is 1. The average molecular weight is 399 g/mol. The van der Waals surface area contributed by atoms with Gasteiger partial charge in [0.1, 0.15) is 11.7 Å². The predicted octanol–water partition coefficient (Wildman–Crippen LogP) is 2.03. The number of piperidine rings is 1. The van der Waals surface area contributed by atoms with Crippen molar-refractivity contribution in [3.05, 3.63) is 23.3 Å². The van der Waals surface area contributed by atoms with Gasteiger partial charge in [0.25, 0.3) is 0 Å². The first kappa shape index (κ1) is 18.0. The first-order chi connectivity index (χ1) is 13.9. The summed E-state index contributed by atoms with van der Waals surface area (Å²) in [6.45, 7) is 2.67. The Bertz CT molecular complexity index is 918. The van der Waals surface area contributed by atoms with Crippen molar-refractivity contribution in [2.75, 3.05) is 27.8 Å². The summed E-state index contributed by atoms with van der Waals surface area (Å²) in [5.74, 6) is 1.75. The molecule has 1 N–H and O–H groups in total. The molecule has 2 heterocycles. The van der Waals surface area contributed by atoms with Crippen LogP contribution in [0.4, 0.5) is 0 Å². The maximum Gasteiger partial charge on any atom is 0.217 e. The second-order valence-electron chi connectivity index (χ2n) is 9.82. The molecule has 6 atom stereocenters. The normalized spacial score (nSPS) is 43.5. The minimum absolute atomic E-state index is 0.00697. The molecule has 1 amide bonds. The summed E-state index contributed by atoms with van der Waals surface area (Å²) in [6, 6.07) is 4.73. The zero-order valence-electron chi connectivity index (χ0n) is 17.7. The molecular weight excluding hydrogens is 368 g/mol. The van der Waals surface area contributed by atoms with Crippen LogP contribution in [0.5, 0.6) is 11.5 Å². The number of ether oxygens (including phenoxy) is 3. The number of hydrogen-bond acceptors (Lipinski definition) is 5. The lowest BCUT2D eigenvalue weighted by Gasteiger charge is -2.73. The standard InChI is InChI=1S/C23H30N2O4/c1-13(26)24-16-12-21-7-8-23(16,28-4)20-22(21)9-10-25(2)17(21)11-14-5-6-15(27-3)19(29-20)18(14)22/h5-6,16-17,20H,7-12H2,1-4H3,(H,24,26)/t16-,17+,20+,21+,22-,23+/m0/s1. The molecule has 2 spiro atoms. The van der Waals surface area contributed by atoms with E-state index in [1.54, 1.807) is 21.1 Å². The van der Waals surface area contributed by atoms with E-state index in [2.05, 4.69) is 29.4 Å². The van der Waals surface area contributed by atoms with E-state index < -0.39 is 5.60 Å². The van der Waals surface area contributed by atoms with E-state index >= 15 is 0 Å². The maximum absolute atomic E-state index is 12.1. The smallest absolute Gasteiger partial charge is 0.217 e. The zero-order chi connectivity index (χ0) is 20.2. The molecular formula is C23H30N2O4. The first-order valence-electron chi connectivity index (χ1n) is 10.8. The van der Waals surface area contributed by atoms with Crippen molar-refractivity contribution in [3.8, 4) is 11.5 Å². The van der Waals surface area contributed by atoms with Crippen molar-refractivity contribution >= 4 is 5.91 Å². The van der Waals surface area contributed by atoms with Gasteiger partial charge >= 0.3 is 0 Å². The van der Waals surface area contributed by atoms with Crippen LogP contribution >= 0.6 is 0 Å². The van der Waals surface area contributed by atoms with Crippen LogP contribution in [0.1, 0.15) is 43.7 Å². The van der Waals surface area contributed by atoms with E-state index in [1.807, 2.05) is 0 Å². The Labute approximate surface area is 171 Å². The van der Waals surface area contributed by atoms with Gasteiger partial charge in [-0.15, -0.1) is 0 Å². The predicted molar refractivity (Wildman–Crippen MR) is 107 cm³/mol. The molecule has 0 unspecified atom stereocenters. The molecule has 6 nitrogen and oxygen atoms in total. The maximum atomic E-state index is 12.1. The van der Waals surface area contributed by atoms with Crippen molar-refractivity contribution in [1.82, 2.24) is 10.2 Å². The monoisotopic (exact) mass is 398 g/mol. The Balaban J connectivity index is 1.65. The van der Waals surface area contributed by atoms with Crippen LogP contribution in [0.2, 0.25) is 0 Å². The highest BCUT2D eigenvalue weighted by Crippen LogP contribution is 2.75. The number of carbonyl (C=O) groups is 1. The third-order valence-electron chi connectivity index (χ3n) is 9.21. The largest absolute Gasteiger partial charge is 0.493 e. The number of carbonyl (C=O) groups excluding carboxylic acids is 1. The number of hydrogen-bond donors (Lipinski definition) is 1. The van der Waals surface area contributed by atoms with Crippen LogP contribution in [-0.4, -0.2) is 62.4 Å². The van der Waals surface area contributed by atoms with E-state index in [1.165, 1.54) is 11.1 Å². The summed E-state index contributed by atoms with van der Waals surface area (Å²) in [7, 11) is 5.79. The van der Waals surface area contributed by atoms with Crippen LogP contribution in [0.3, 0.4) is 0 Å². The molecule has 7 rings (SSSR count). The summed E-state index contributed by atoms with van der Waals surface area (Å²) in [6.07, 6.45) is 4.98. The Morgan fingerprint density at radius 3 is 2.83 bits per heavy atom. The third-order valence-corrected chi connectivity index (χ3v) is 9.21. The summed E-state index contributed by atoms with van der Waals surface area (Å²) >= 11 is 0. The van der Waals surface area contributed by atoms with Gasteiger partial charge in [0, 0.05) is 36.5 Å². The third kappa shape index (κ3) is 1.77. The van der Waals surface area contributed by atoms with Gasteiger partial charge in [-0.3, -0.25) is 4.79 Å². The van der Waals surface area contributed by atoms with Gasteiger partial charge in [-0.05, 0) is 57.3 Å². The molecule has 1 aromatic carbocycles. The van der Waals surface area contributed by atoms with Gasteiger partial charge in [0.2, 0.25) is 5.91 Å². The molecule has 0 radical (unpaired) electrons. The molecule has 4 bridgehead atoms. The molecule has 29 heavy (non-hydrogen) atoms. The van der Waals surface area contributed by atoms with Crippen LogP contribution in [-0.2, 0) is 21.4 Å². The second kappa shape index (κ2) is 5.46. The SMILES string of the molecule is COc1ccc2c3c1O[C@H]1[C@@]4(OC)CC[C@@]5(C[C@@H]4NC(C)=O)[C@@H](C2)N(C)CC[C@]315.